The van der Waals surface area contributed by atoms with E-state index >= 15 is 0 Å². The van der Waals surface area contributed by atoms with Crippen molar-refractivity contribution in [3.05, 3.63) is 64.7 Å². The van der Waals surface area contributed by atoms with Crippen molar-refractivity contribution in [2.24, 2.45) is 0 Å². The number of anilines is 1. The summed E-state index contributed by atoms with van der Waals surface area (Å²) in [5.74, 6) is -0.372. The molecule has 0 fully saturated rings. The van der Waals surface area contributed by atoms with Crippen LogP contribution in [0.3, 0.4) is 0 Å². The smallest absolute Gasteiger partial charge is 0.241 e. The van der Waals surface area contributed by atoms with Crippen molar-refractivity contribution in [1.82, 2.24) is 5.32 Å². The Morgan fingerprint density at radius 3 is 2.38 bits per heavy atom. The van der Waals surface area contributed by atoms with Crippen LogP contribution in [0.4, 0.5) is 5.69 Å². The molecule has 0 unspecified atom stereocenters. The van der Waals surface area contributed by atoms with Gasteiger partial charge in [0.05, 0.1) is 18.0 Å². The van der Waals surface area contributed by atoms with Gasteiger partial charge in [-0.25, -0.2) is 8.42 Å². The van der Waals surface area contributed by atoms with Crippen LogP contribution >= 0.6 is 11.6 Å². The lowest BCUT2D eigenvalue weighted by atomic mass is 10.0. The average molecular weight is 395 g/mol. The largest absolute Gasteiger partial charge is 0.348 e. The molecule has 2 aromatic carbocycles. The maximum Gasteiger partial charge on any atom is 0.241 e. The van der Waals surface area contributed by atoms with Gasteiger partial charge in [-0.2, -0.15) is 0 Å². The van der Waals surface area contributed by atoms with Gasteiger partial charge in [0, 0.05) is 5.02 Å². The third kappa shape index (κ3) is 5.22. The number of halogens is 1. The number of carbonyl (C=O) groups is 1. The number of aryl methyl sites for hydroxylation is 1. The summed E-state index contributed by atoms with van der Waals surface area (Å²) < 4.78 is 25.4. The van der Waals surface area contributed by atoms with Crippen molar-refractivity contribution in [2.45, 2.75) is 26.3 Å². The molecule has 1 atom stereocenters. The molecule has 0 aromatic heterocycles. The maximum absolute atomic E-state index is 12.5. The van der Waals surface area contributed by atoms with Gasteiger partial charge < -0.3 is 5.32 Å². The van der Waals surface area contributed by atoms with E-state index in [2.05, 4.69) is 5.32 Å². The average Bonchev–Trinajstić information content (AvgIpc) is 2.60. The summed E-state index contributed by atoms with van der Waals surface area (Å²) >= 11 is 6.11. The lowest BCUT2D eigenvalue weighted by molar-refractivity contribution is -0.120. The summed E-state index contributed by atoms with van der Waals surface area (Å²) in [6.07, 6.45) is 1.77. The van der Waals surface area contributed by atoms with Crippen molar-refractivity contribution in [3.8, 4) is 0 Å². The second-order valence-corrected chi connectivity index (χ2v) is 8.46. The van der Waals surface area contributed by atoms with Crippen molar-refractivity contribution >= 4 is 33.2 Å². The van der Waals surface area contributed by atoms with Gasteiger partial charge in [-0.15, -0.1) is 0 Å². The van der Waals surface area contributed by atoms with E-state index in [0.717, 1.165) is 21.7 Å². The highest BCUT2D eigenvalue weighted by atomic mass is 35.5. The van der Waals surface area contributed by atoms with E-state index in [1.165, 1.54) is 0 Å². The molecule has 1 amide bonds. The first-order chi connectivity index (χ1) is 12.2. The lowest BCUT2D eigenvalue weighted by Crippen LogP contribution is -2.41. The van der Waals surface area contributed by atoms with Gasteiger partial charge >= 0.3 is 0 Å². The molecule has 0 aliphatic heterocycles. The predicted molar refractivity (Wildman–Crippen MR) is 106 cm³/mol. The number of benzene rings is 2. The fraction of sp³-hybridized carbons (Fsp3) is 0.316. The summed E-state index contributed by atoms with van der Waals surface area (Å²) in [5.41, 5.74) is 2.18. The van der Waals surface area contributed by atoms with Crippen LogP contribution in [0, 0.1) is 6.92 Å². The molecule has 2 rings (SSSR count). The topological polar surface area (TPSA) is 66.5 Å². The van der Waals surface area contributed by atoms with E-state index in [1.54, 1.807) is 18.2 Å². The van der Waals surface area contributed by atoms with Crippen LogP contribution in [0.5, 0.6) is 0 Å². The quantitative estimate of drug-likeness (QED) is 0.778. The van der Waals surface area contributed by atoms with E-state index in [9.17, 15) is 13.2 Å². The van der Waals surface area contributed by atoms with E-state index < -0.39 is 10.0 Å². The summed E-state index contributed by atoms with van der Waals surface area (Å²) in [7, 11) is -3.64. The minimum absolute atomic E-state index is 0.174. The highest BCUT2D eigenvalue weighted by Gasteiger charge is 2.23. The molecule has 7 heteroatoms. The Morgan fingerprint density at radius 1 is 1.19 bits per heavy atom. The molecular formula is C19H23ClN2O3S. The van der Waals surface area contributed by atoms with Gasteiger partial charge in [0.15, 0.2) is 0 Å². The maximum atomic E-state index is 12.5. The zero-order valence-electron chi connectivity index (χ0n) is 15.1. The van der Waals surface area contributed by atoms with Crippen LogP contribution in [-0.4, -0.2) is 27.1 Å². The van der Waals surface area contributed by atoms with Gasteiger partial charge in [-0.1, -0.05) is 54.9 Å². The SMILES string of the molecule is CC[C@H](NC(=O)CN(c1ccc(C)c(Cl)c1)S(C)(=O)=O)c1ccccc1. The van der Waals surface area contributed by atoms with Crippen LogP contribution in [-0.2, 0) is 14.8 Å². The molecule has 5 nitrogen and oxygen atoms in total. The van der Waals surface area contributed by atoms with Gasteiger partial charge in [-0.05, 0) is 36.6 Å². The summed E-state index contributed by atoms with van der Waals surface area (Å²) in [6, 6.07) is 14.3. The van der Waals surface area contributed by atoms with Crippen molar-refractivity contribution < 1.29 is 13.2 Å². The third-order valence-corrected chi connectivity index (χ3v) is 5.62. The molecule has 0 spiro atoms. The Labute approximate surface area is 160 Å². The number of nitrogens with one attached hydrogen (secondary N) is 1. The standard InChI is InChI=1S/C19H23ClN2O3S/c1-4-18(15-8-6-5-7-9-15)21-19(23)13-22(26(3,24)25)16-11-10-14(2)17(20)12-16/h5-12,18H,4,13H2,1-3H3,(H,21,23)/t18-/m0/s1. The van der Waals surface area contributed by atoms with Crippen LogP contribution in [0.25, 0.3) is 0 Å². The minimum atomic E-state index is -3.64. The van der Waals surface area contributed by atoms with Crippen LogP contribution in [0.2, 0.25) is 5.02 Å². The molecule has 0 aliphatic carbocycles. The summed E-state index contributed by atoms with van der Waals surface area (Å²) in [6.45, 7) is 3.49. The summed E-state index contributed by atoms with van der Waals surface area (Å²) in [5, 5.41) is 3.35. The second-order valence-electron chi connectivity index (χ2n) is 6.14. The first-order valence-electron chi connectivity index (χ1n) is 8.30. The Bertz CT molecular complexity index is 870. The lowest BCUT2D eigenvalue weighted by Gasteiger charge is -2.24. The Morgan fingerprint density at radius 2 is 1.85 bits per heavy atom. The number of sulfonamides is 1. The van der Waals surface area contributed by atoms with E-state index in [4.69, 9.17) is 11.6 Å². The van der Waals surface area contributed by atoms with Crippen molar-refractivity contribution in [2.75, 3.05) is 17.1 Å². The molecule has 0 saturated carbocycles. The Hall–Kier alpha value is -2.05. The minimum Gasteiger partial charge on any atom is -0.348 e. The second kappa shape index (κ2) is 8.56. The third-order valence-electron chi connectivity index (χ3n) is 4.08. The van der Waals surface area contributed by atoms with Crippen LogP contribution in [0.15, 0.2) is 48.5 Å². The monoisotopic (exact) mass is 394 g/mol. The number of hydrogen-bond donors (Lipinski definition) is 1. The number of rotatable bonds is 7. The number of carbonyl (C=O) groups excluding carboxylic acids is 1. The van der Waals surface area contributed by atoms with Gasteiger partial charge in [-0.3, -0.25) is 9.10 Å². The van der Waals surface area contributed by atoms with Crippen LogP contribution < -0.4 is 9.62 Å². The van der Waals surface area contributed by atoms with E-state index in [1.807, 2.05) is 44.2 Å². The number of hydrogen-bond acceptors (Lipinski definition) is 3. The molecule has 0 bridgehead atoms. The Kier molecular flexibility index (Phi) is 6.67. The zero-order chi connectivity index (χ0) is 19.3. The fourth-order valence-electron chi connectivity index (χ4n) is 2.61. The highest BCUT2D eigenvalue weighted by Crippen LogP contribution is 2.25. The molecular weight excluding hydrogens is 372 g/mol. The first kappa shape index (κ1) is 20.3. The molecule has 0 heterocycles. The normalized spacial score (nSPS) is 12.5. The molecule has 26 heavy (non-hydrogen) atoms. The summed E-state index contributed by atoms with van der Waals surface area (Å²) in [4.78, 5) is 12.5. The van der Waals surface area contributed by atoms with E-state index in [-0.39, 0.29) is 18.5 Å². The highest BCUT2D eigenvalue weighted by molar-refractivity contribution is 7.92. The van der Waals surface area contributed by atoms with Crippen LogP contribution in [0.1, 0.15) is 30.5 Å². The number of nitrogens with zero attached hydrogens (tertiary/aromatic N) is 1. The first-order valence-corrected chi connectivity index (χ1v) is 10.5. The predicted octanol–water partition coefficient (Wildman–Crippen LogP) is 3.68. The van der Waals surface area contributed by atoms with Gasteiger partial charge in [0.1, 0.15) is 6.54 Å². The fourth-order valence-corrected chi connectivity index (χ4v) is 3.64. The molecule has 0 radical (unpaired) electrons. The number of amides is 1. The zero-order valence-corrected chi connectivity index (χ0v) is 16.6. The molecule has 0 saturated heterocycles. The van der Waals surface area contributed by atoms with Gasteiger partial charge in [0.25, 0.3) is 0 Å². The van der Waals surface area contributed by atoms with E-state index in [0.29, 0.717) is 17.1 Å². The van der Waals surface area contributed by atoms with Crippen molar-refractivity contribution in [1.29, 1.82) is 0 Å². The Balaban J connectivity index is 2.20. The molecule has 2 aromatic rings. The molecule has 1 N–H and O–H groups in total. The molecule has 140 valence electrons. The van der Waals surface area contributed by atoms with Crippen molar-refractivity contribution in [3.63, 3.8) is 0 Å². The van der Waals surface area contributed by atoms with Gasteiger partial charge in [0.2, 0.25) is 15.9 Å². The molecule has 0 aliphatic rings.